The van der Waals surface area contributed by atoms with Gasteiger partial charge in [-0.25, -0.2) is 0 Å². The molecule has 3 unspecified atom stereocenters. The number of carbonyl (C=O) groups is 1. The van der Waals surface area contributed by atoms with Crippen LogP contribution in [0.4, 0.5) is 0 Å². The average molecular weight is 202 g/mol. The summed E-state index contributed by atoms with van der Waals surface area (Å²) in [5.41, 5.74) is 0. The Morgan fingerprint density at radius 1 is 1.71 bits per heavy atom. The van der Waals surface area contributed by atoms with Crippen LogP contribution in [0.2, 0.25) is 0 Å². The van der Waals surface area contributed by atoms with E-state index in [2.05, 4.69) is 10.6 Å². The normalized spacial score (nSPS) is 28.8. The van der Waals surface area contributed by atoms with Gasteiger partial charge < -0.3 is 20.8 Å². The molecule has 1 aliphatic heterocycles. The lowest BCUT2D eigenvalue weighted by molar-refractivity contribution is -0.123. The average Bonchev–Trinajstić information content (AvgIpc) is 2.60. The maximum absolute atomic E-state index is 11.4. The first-order chi connectivity index (χ1) is 6.63. The summed E-state index contributed by atoms with van der Waals surface area (Å²) in [7, 11) is 0. The van der Waals surface area contributed by atoms with Gasteiger partial charge in [0.15, 0.2) is 0 Å². The second-order valence-corrected chi connectivity index (χ2v) is 3.66. The van der Waals surface area contributed by atoms with E-state index in [0.717, 1.165) is 0 Å². The van der Waals surface area contributed by atoms with E-state index in [1.807, 2.05) is 6.92 Å². The molecular formula is C9H18N2O3. The van der Waals surface area contributed by atoms with Crippen molar-refractivity contribution in [2.45, 2.75) is 38.0 Å². The first kappa shape index (κ1) is 11.4. The maximum atomic E-state index is 11.4. The van der Waals surface area contributed by atoms with E-state index in [-0.39, 0.29) is 18.5 Å². The molecular weight excluding hydrogens is 184 g/mol. The molecule has 0 bridgehead atoms. The second-order valence-electron chi connectivity index (χ2n) is 3.66. The molecule has 1 amide bonds. The minimum absolute atomic E-state index is 0.144. The van der Waals surface area contributed by atoms with Gasteiger partial charge in [0.25, 0.3) is 0 Å². The van der Waals surface area contributed by atoms with Crippen molar-refractivity contribution >= 4 is 5.91 Å². The number of hydrogen-bond donors (Lipinski definition) is 4. The Morgan fingerprint density at radius 2 is 2.43 bits per heavy atom. The van der Waals surface area contributed by atoms with Crippen LogP contribution >= 0.6 is 0 Å². The molecule has 3 atom stereocenters. The first-order valence-corrected chi connectivity index (χ1v) is 5.00. The zero-order valence-corrected chi connectivity index (χ0v) is 8.36. The van der Waals surface area contributed by atoms with Gasteiger partial charge >= 0.3 is 0 Å². The molecule has 1 fully saturated rings. The molecule has 4 N–H and O–H groups in total. The summed E-state index contributed by atoms with van der Waals surface area (Å²) in [6.45, 7) is 2.60. The molecule has 0 saturated carbocycles. The summed E-state index contributed by atoms with van der Waals surface area (Å²) in [6.07, 6.45) is 0.168. The van der Waals surface area contributed by atoms with Gasteiger partial charge in [-0.2, -0.15) is 0 Å². The highest BCUT2D eigenvalue weighted by Gasteiger charge is 2.27. The van der Waals surface area contributed by atoms with Crippen LogP contribution in [0.5, 0.6) is 0 Å². The van der Waals surface area contributed by atoms with Crippen molar-refractivity contribution < 1.29 is 15.0 Å². The van der Waals surface area contributed by atoms with Crippen molar-refractivity contribution in [2.75, 3.05) is 13.1 Å². The van der Waals surface area contributed by atoms with Crippen molar-refractivity contribution in [3.63, 3.8) is 0 Å². The van der Waals surface area contributed by atoms with Gasteiger partial charge in [0.1, 0.15) is 0 Å². The van der Waals surface area contributed by atoms with Crippen molar-refractivity contribution in [1.82, 2.24) is 10.6 Å². The topological polar surface area (TPSA) is 81.6 Å². The van der Waals surface area contributed by atoms with Crippen molar-refractivity contribution in [3.05, 3.63) is 0 Å². The molecule has 1 heterocycles. The van der Waals surface area contributed by atoms with Crippen LogP contribution in [-0.4, -0.2) is 47.5 Å². The van der Waals surface area contributed by atoms with Crippen LogP contribution in [0.15, 0.2) is 0 Å². The fraction of sp³-hybridized carbons (Fsp3) is 0.889. The molecule has 82 valence electrons. The molecule has 0 aromatic rings. The van der Waals surface area contributed by atoms with E-state index in [1.54, 1.807) is 0 Å². The number of carbonyl (C=O) groups excluding carboxylic acids is 1. The van der Waals surface area contributed by atoms with E-state index >= 15 is 0 Å². The lowest BCUT2D eigenvalue weighted by atomic mass is 10.2. The van der Waals surface area contributed by atoms with Gasteiger partial charge in [0.2, 0.25) is 5.91 Å². The largest absolute Gasteiger partial charge is 0.392 e. The number of rotatable bonds is 4. The van der Waals surface area contributed by atoms with Crippen LogP contribution in [0, 0.1) is 0 Å². The molecule has 0 aromatic heterocycles. The maximum Gasteiger partial charge on any atom is 0.237 e. The van der Waals surface area contributed by atoms with Crippen LogP contribution in [-0.2, 0) is 4.79 Å². The fourth-order valence-electron chi connectivity index (χ4n) is 1.40. The molecule has 5 heteroatoms. The molecule has 0 radical (unpaired) electrons. The summed E-state index contributed by atoms with van der Waals surface area (Å²) >= 11 is 0. The summed E-state index contributed by atoms with van der Waals surface area (Å²) in [6, 6.07) is -0.311. The zero-order valence-electron chi connectivity index (χ0n) is 8.36. The Balaban J connectivity index is 2.22. The predicted octanol–water partition coefficient (Wildman–Crippen LogP) is -1.40. The SMILES string of the molecule is CCC(O)CNC(=O)C1CC(O)CN1. The predicted molar refractivity (Wildman–Crippen MR) is 51.7 cm³/mol. The highest BCUT2D eigenvalue weighted by Crippen LogP contribution is 2.05. The molecule has 1 saturated heterocycles. The minimum Gasteiger partial charge on any atom is -0.392 e. The second kappa shape index (κ2) is 5.29. The number of amides is 1. The minimum atomic E-state index is -0.481. The Bertz CT molecular complexity index is 198. The molecule has 0 spiro atoms. The third kappa shape index (κ3) is 3.25. The lowest BCUT2D eigenvalue weighted by Gasteiger charge is -2.13. The third-order valence-electron chi connectivity index (χ3n) is 2.41. The Hall–Kier alpha value is -0.650. The van der Waals surface area contributed by atoms with Gasteiger partial charge in [0, 0.05) is 13.1 Å². The van der Waals surface area contributed by atoms with Gasteiger partial charge in [-0.3, -0.25) is 4.79 Å². The number of β-amino-alcohol motifs (C(OH)–C–C–N with tert-alkyl or cyclic N) is 1. The van der Waals surface area contributed by atoms with E-state index in [4.69, 9.17) is 0 Å². The molecule has 0 aliphatic carbocycles. The molecule has 1 rings (SSSR count). The zero-order chi connectivity index (χ0) is 10.6. The molecule has 5 nitrogen and oxygen atoms in total. The number of nitrogens with one attached hydrogen (secondary N) is 2. The summed E-state index contributed by atoms with van der Waals surface area (Å²) in [5, 5.41) is 23.9. The summed E-state index contributed by atoms with van der Waals surface area (Å²) in [5.74, 6) is -0.144. The Labute approximate surface area is 83.5 Å². The van der Waals surface area contributed by atoms with Crippen molar-refractivity contribution in [3.8, 4) is 0 Å². The fourth-order valence-corrected chi connectivity index (χ4v) is 1.40. The van der Waals surface area contributed by atoms with E-state index in [1.165, 1.54) is 0 Å². The van der Waals surface area contributed by atoms with Gasteiger partial charge in [0.05, 0.1) is 18.2 Å². The van der Waals surface area contributed by atoms with E-state index in [9.17, 15) is 15.0 Å². The van der Waals surface area contributed by atoms with Gasteiger partial charge in [-0.05, 0) is 12.8 Å². The van der Waals surface area contributed by atoms with E-state index in [0.29, 0.717) is 19.4 Å². The molecule has 1 aliphatic rings. The molecule has 14 heavy (non-hydrogen) atoms. The van der Waals surface area contributed by atoms with E-state index < -0.39 is 12.2 Å². The Morgan fingerprint density at radius 3 is 2.93 bits per heavy atom. The first-order valence-electron chi connectivity index (χ1n) is 5.00. The highest BCUT2D eigenvalue weighted by molar-refractivity contribution is 5.82. The number of hydrogen-bond acceptors (Lipinski definition) is 4. The smallest absolute Gasteiger partial charge is 0.237 e. The third-order valence-corrected chi connectivity index (χ3v) is 2.41. The van der Waals surface area contributed by atoms with Crippen LogP contribution in [0.25, 0.3) is 0 Å². The van der Waals surface area contributed by atoms with Crippen molar-refractivity contribution in [2.24, 2.45) is 0 Å². The van der Waals surface area contributed by atoms with Gasteiger partial charge in [-0.1, -0.05) is 6.92 Å². The number of aliphatic hydroxyl groups excluding tert-OH is 2. The highest BCUT2D eigenvalue weighted by atomic mass is 16.3. The van der Waals surface area contributed by atoms with Crippen molar-refractivity contribution in [1.29, 1.82) is 0 Å². The van der Waals surface area contributed by atoms with Crippen LogP contribution in [0.1, 0.15) is 19.8 Å². The number of aliphatic hydroxyl groups is 2. The lowest BCUT2D eigenvalue weighted by Crippen LogP contribution is -2.43. The quantitative estimate of drug-likeness (QED) is 0.452. The van der Waals surface area contributed by atoms with Gasteiger partial charge in [-0.15, -0.1) is 0 Å². The standard InChI is InChI=1S/C9H18N2O3/c1-2-6(12)4-11-9(14)8-3-7(13)5-10-8/h6-8,10,12-13H,2-5H2,1H3,(H,11,14). The Kier molecular flexibility index (Phi) is 4.31. The monoisotopic (exact) mass is 202 g/mol. The van der Waals surface area contributed by atoms with Crippen LogP contribution < -0.4 is 10.6 Å². The van der Waals surface area contributed by atoms with Crippen LogP contribution in [0.3, 0.4) is 0 Å². The summed E-state index contributed by atoms with van der Waals surface area (Å²) in [4.78, 5) is 11.4. The summed E-state index contributed by atoms with van der Waals surface area (Å²) < 4.78 is 0. The molecule has 0 aromatic carbocycles.